The molecule has 2 amide bonds. The summed E-state index contributed by atoms with van der Waals surface area (Å²) in [4.78, 5) is 45.1. The SMILES string of the molecule is COc1cccc(C(=O)[C@@H]2[C@@H]3CCCN3[C@]3(C(=O)Nc4ccc(F)cc43)[C@@]23C(=O)Nc2ccccc23)c1. The van der Waals surface area contributed by atoms with Crippen LogP contribution in [0, 0.1) is 11.7 Å². The molecule has 2 saturated heterocycles. The van der Waals surface area contributed by atoms with E-state index in [1.54, 1.807) is 30.3 Å². The van der Waals surface area contributed by atoms with Gasteiger partial charge in [-0.15, -0.1) is 0 Å². The number of nitrogens with zero attached hydrogens (tertiary/aromatic N) is 1. The number of para-hydroxylation sites is 1. The summed E-state index contributed by atoms with van der Waals surface area (Å²) in [6, 6.07) is 17.9. The fourth-order valence-electron chi connectivity index (χ4n) is 7.51. The van der Waals surface area contributed by atoms with E-state index in [-0.39, 0.29) is 5.78 Å². The number of halogens is 1. The van der Waals surface area contributed by atoms with E-state index < -0.39 is 40.5 Å². The highest BCUT2D eigenvalue weighted by Gasteiger charge is 2.81. The minimum atomic E-state index is -1.60. The normalized spacial score (nSPS) is 29.2. The Morgan fingerprint density at radius 3 is 2.59 bits per heavy atom. The van der Waals surface area contributed by atoms with Crippen LogP contribution in [-0.4, -0.2) is 42.2 Å². The highest BCUT2D eigenvalue weighted by Crippen LogP contribution is 2.67. The highest BCUT2D eigenvalue weighted by atomic mass is 19.1. The minimum Gasteiger partial charge on any atom is -0.497 e. The highest BCUT2D eigenvalue weighted by molar-refractivity contribution is 6.21. The molecule has 4 atom stereocenters. The molecule has 0 saturated carbocycles. The lowest BCUT2D eigenvalue weighted by molar-refractivity contribution is -0.137. The van der Waals surface area contributed by atoms with Crippen molar-refractivity contribution in [2.45, 2.75) is 29.8 Å². The summed E-state index contributed by atoms with van der Waals surface area (Å²) in [5.41, 5.74) is -0.764. The second-order valence-electron chi connectivity index (χ2n) is 10.1. The van der Waals surface area contributed by atoms with Crippen molar-refractivity contribution in [2.24, 2.45) is 5.92 Å². The summed E-state index contributed by atoms with van der Waals surface area (Å²) in [5, 5.41) is 5.91. The van der Waals surface area contributed by atoms with E-state index in [9.17, 15) is 18.8 Å². The molecule has 0 aromatic heterocycles. The van der Waals surface area contributed by atoms with Crippen LogP contribution in [-0.2, 0) is 20.5 Å². The van der Waals surface area contributed by atoms with Crippen LogP contribution in [0.1, 0.15) is 34.3 Å². The smallest absolute Gasteiger partial charge is 0.251 e. The number of nitrogens with one attached hydrogen (secondary N) is 2. The number of carbonyl (C=O) groups is 3. The first-order chi connectivity index (χ1) is 17.9. The van der Waals surface area contributed by atoms with Crippen LogP contribution in [0.15, 0.2) is 66.7 Å². The molecule has 186 valence electrons. The molecule has 0 radical (unpaired) electrons. The molecule has 4 aliphatic heterocycles. The maximum Gasteiger partial charge on any atom is 0.251 e. The Hall–Kier alpha value is -4.04. The van der Waals surface area contributed by atoms with Crippen molar-refractivity contribution in [2.75, 3.05) is 24.3 Å². The predicted octanol–water partition coefficient (Wildman–Crippen LogP) is 3.85. The lowest BCUT2D eigenvalue weighted by atomic mass is 9.57. The maximum absolute atomic E-state index is 14.8. The fraction of sp³-hybridized carbons (Fsp3) is 0.276. The summed E-state index contributed by atoms with van der Waals surface area (Å²) in [5.74, 6) is -1.93. The van der Waals surface area contributed by atoms with E-state index in [0.717, 1.165) is 6.42 Å². The van der Waals surface area contributed by atoms with E-state index in [1.807, 2.05) is 23.1 Å². The number of hydrogen-bond donors (Lipinski definition) is 2. The number of amides is 2. The predicted molar refractivity (Wildman–Crippen MR) is 134 cm³/mol. The van der Waals surface area contributed by atoms with Crippen molar-refractivity contribution in [3.8, 4) is 5.75 Å². The van der Waals surface area contributed by atoms with E-state index in [4.69, 9.17) is 4.74 Å². The average Bonchev–Trinajstić information content (AvgIpc) is 3.62. The first kappa shape index (κ1) is 22.2. The number of Topliss-reactive ketones (excluding diaryl/α,β-unsaturated/α-hetero) is 1. The van der Waals surface area contributed by atoms with Gasteiger partial charge in [-0.2, -0.15) is 0 Å². The van der Waals surface area contributed by atoms with Gasteiger partial charge in [-0.3, -0.25) is 19.3 Å². The van der Waals surface area contributed by atoms with Gasteiger partial charge in [0.05, 0.1) is 13.0 Å². The van der Waals surface area contributed by atoms with Crippen LogP contribution in [0.25, 0.3) is 0 Å². The van der Waals surface area contributed by atoms with Gasteiger partial charge < -0.3 is 15.4 Å². The average molecular weight is 498 g/mol. The monoisotopic (exact) mass is 497 g/mol. The summed E-state index contributed by atoms with van der Waals surface area (Å²) < 4.78 is 20.2. The van der Waals surface area contributed by atoms with Gasteiger partial charge in [-0.1, -0.05) is 30.3 Å². The van der Waals surface area contributed by atoms with Gasteiger partial charge in [0.1, 0.15) is 22.5 Å². The van der Waals surface area contributed by atoms with Crippen LogP contribution < -0.4 is 15.4 Å². The number of hydrogen-bond acceptors (Lipinski definition) is 5. The van der Waals surface area contributed by atoms with E-state index in [2.05, 4.69) is 10.6 Å². The molecule has 2 spiro atoms. The standard InChI is InChI=1S/C29H24FN3O4/c1-37-18-7-4-6-16(14-18)25(34)24-23-10-5-13-33(23)29(20-15-17(30)11-12-22(20)32-27(29)36)28(24)19-8-2-3-9-21(19)31-26(28)35/h2-4,6-9,11-12,14-15,23-24H,5,10,13H2,1H3,(H,31,35)(H,32,36)/t23-,24-,28+,29+/m0/s1. The van der Waals surface area contributed by atoms with Gasteiger partial charge in [0.15, 0.2) is 5.78 Å². The summed E-state index contributed by atoms with van der Waals surface area (Å²) in [6.45, 7) is 0.507. The largest absolute Gasteiger partial charge is 0.497 e. The molecule has 4 heterocycles. The molecular weight excluding hydrogens is 473 g/mol. The first-order valence-electron chi connectivity index (χ1n) is 12.4. The molecule has 4 aliphatic rings. The Morgan fingerprint density at radius 1 is 0.973 bits per heavy atom. The molecule has 2 N–H and O–H groups in total. The molecule has 0 unspecified atom stereocenters. The zero-order valence-corrected chi connectivity index (χ0v) is 20.1. The summed E-state index contributed by atoms with van der Waals surface area (Å²) in [6.07, 6.45) is 1.39. The van der Waals surface area contributed by atoms with Crippen molar-refractivity contribution in [3.05, 3.63) is 89.2 Å². The molecule has 7 nitrogen and oxygen atoms in total. The Bertz CT molecular complexity index is 1520. The second-order valence-corrected chi connectivity index (χ2v) is 10.1. The Kier molecular flexibility index (Phi) is 4.49. The molecule has 3 aromatic rings. The van der Waals surface area contributed by atoms with Crippen LogP contribution in [0.2, 0.25) is 0 Å². The third-order valence-electron chi connectivity index (χ3n) is 8.70. The number of anilines is 2. The van der Waals surface area contributed by atoms with Gasteiger partial charge >= 0.3 is 0 Å². The third-order valence-corrected chi connectivity index (χ3v) is 8.70. The van der Waals surface area contributed by atoms with Gasteiger partial charge in [0, 0.05) is 28.5 Å². The zero-order valence-electron chi connectivity index (χ0n) is 20.1. The van der Waals surface area contributed by atoms with Gasteiger partial charge in [0.25, 0.3) is 5.91 Å². The van der Waals surface area contributed by atoms with Crippen molar-refractivity contribution >= 4 is 29.0 Å². The third kappa shape index (κ3) is 2.51. The fourth-order valence-corrected chi connectivity index (χ4v) is 7.51. The zero-order chi connectivity index (χ0) is 25.5. The molecule has 0 aliphatic carbocycles. The molecule has 8 heteroatoms. The van der Waals surface area contributed by atoms with Crippen molar-refractivity contribution in [1.29, 1.82) is 0 Å². The number of methoxy groups -OCH3 is 1. The Labute approximate surface area is 212 Å². The number of ketones is 1. The van der Waals surface area contributed by atoms with Crippen molar-refractivity contribution in [1.82, 2.24) is 4.90 Å². The van der Waals surface area contributed by atoms with Gasteiger partial charge in [-0.05, 0) is 61.3 Å². The lowest BCUT2D eigenvalue weighted by Crippen LogP contribution is -2.62. The second kappa shape index (κ2) is 7.49. The molecule has 2 fully saturated rings. The van der Waals surface area contributed by atoms with Gasteiger partial charge in [0.2, 0.25) is 5.91 Å². The van der Waals surface area contributed by atoms with E-state index in [0.29, 0.717) is 46.8 Å². The molecule has 0 bridgehead atoms. The topological polar surface area (TPSA) is 87.7 Å². The number of benzene rings is 3. The number of carbonyl (C=O) groups excluding carboxylic acids is 3. The molecule has 37 heavy (non-hydrogen) atoms. The lowest BCUT2D eigenvalue weighted by Gasteiger charge is -2.43. The molecule has 7 rings (SSSR count). The van der Waals surface area contributed by atoms with E-state index in [1.165, 1.54) is 25.3 Å². The minimum absolute atomic E-state index is 0.239. The quantitative estimate of drug-likeness (QED) is 0.537. The van der Waals surface area contributed by atoms with Crippen LogP contribution in [0.4, 0.5) is 15.8 Å². The van der Waals surface area contributed by atoms with E-state index >= 15 is 0 Å². The summed E-state index contributed by atoms with van der Waals surface area (Å²) >= 11 is 0. The number of ether oxygens (including phenoxy) is 1. The maximum atomic E-state index is 14.8. The number of rotatable bonds is 3. The van der Waals surface area contributed by atoms with Crippen molar-refractivity contribution < 1.29 is 23.5 Å². The van der Waals surface area contributed by atoms with Gasteiger partial charge in [-0.25, -0.2) is 4.39 Å². The summed E-state index contributed by atoms with van der Waals surface area (Å²) in [7, 11) is 1.53. The molecule has 3 aromatic carbocycles. The van der Waals surface area contributed by atoms with Crippen molar-refractivity contribution in [3.63, 3.8) is 0 Å². The Balaban J connectivity index is 1.58. The Morgan fingerprint density at radius 2 is 1.76 bits per heavy atom. The molecular formula is C29H24FN3O4. The first-order valence-corrected chi connectivity index (χ1v) is 12.4. The van der Waals surface area contributed by atoms with Crippen LogP contribution in [0.3, 0.4) is 0 Å². The number of fused-ring (bicyclic) bond motifs is 7. The van der Waals surface area contributed by atoms with Crippen LogP contribution in [0.5, 0.6) is 5.75 Å². The van der Waals surface area contributed by atoms with Crippen LogP contribution >= 0.6 is 0 Å².